The highest BCUT2D eigenvalue weighted by Crippen LogP contribution is 2.28. The van der Waals surface area contributed by atoms with Crippen molar-refractivity contribution in [2.45, 2.75) is 18.9 Å². The highest BCUT2D eigenvalue weighted by atomic mass is 19.1. The van der Waals surface area contributed by atoms with E-state index in [-0.39, 0.29) is 23.8 Å². The minimum absolute atomic E-state index is 0.0283. The molecule has 1 saturated carbocycles. The molecule has 0 heterocycles. The zero-order valence-electron chi connectivity index (χ0n) is 10.1. The summed E-state index contributed by atoms with van der Waals surface area (Å²) in [5.41, 5.74) is 5.98. The lowest BCUT2D eigenvalue weighted by Crippen LogP contribution is -2.31. The standard InChI is InChI=1S/C12H16FN3O2/c1-18-11-5-10(8(13)4-9(11)14)15-6-12(17)16-7-2-3-7/h4-5,7,15H,2-3,6,14H2,1H3,(H,16,17). The molecule has 1 aromatic carbocycles. The maximum atomic E-state index is 13.6. The molecule has 0 unspecified atom stereocenters. The normalized spacial score (nSPS) is 14.1. The zero-order chi connectivity index (χ0) is 13.1. The molecule has 0 atom stereocenters. The smallest absolute Gasteiger partial charge is 0.239 e. The fraction of sp³-hybridized carbons (Fsp3) is 0.417. The van der Waals surface area contributed by atoms with Crippen LogP contribution < -0.4 is 21.1 Å². The molecule has 6 heteroatoms. The molecule has 0 radical (unpaired) electrons. The van der Waals surface area contributed by atoms with Gasteiger partial charge in [-0.05, 0) is 12.8 Å². The van der Waals surface area contributed by atoms with Crippen LogP contribution in [0.1, 0.15) is 12.8 Å². The van der Waals surface area contributed by atoms with Crippen molar-refractivity contribution in [1.82, 2.24) is 5.32 Å². The molecule has 1 aliphatic rings. The quantitative estimate of drug-likeness (QED) is 0.687. The van der Waals surface area contributed by atoms with E-state index in [1.807, 2.05) is 0 Å². The fourth-order valence-electron chi connectivity index (χ4n) is 1.56. The number of hydrogen-bond acceptors (Lipinski definition) is 4. The van der Waals surface area contributed by atoms with Crippen LogP contribution in [0.5, 0.6) is 5.75 Å². The number of rotatable bonds is 5. The van der Waals surface area contributed by atoms with Gasteiger partial charge in [0.15, 0.2) is 0 Å². The second kappa shape index (κ2) is 5.12. The minimum Gasteiger partial charge on any atom is -0.495 e. The monoisotopic (exact) mass is 253 g/mol. The van der Waals surface area contributed by atoms with Crippen molar-refractivity contribution >= 4 is 17.3 Å². The van der Waals surface area contributed by atoms with E-state index in [0.717, 1.165) is 12.8 Å². The third kappa shape index (κ3) is 3.03. The summed E-state index contributed by atoms with van der Waals surface area (Å²) in [5.74, 6) is -0.276. The third-order valence-electron chi connectivity index (χ3n) is 2.70. The second-order valence-corrected chi connectivity index (χ2v) is 4.27. The maximum absolute atomic E-state index is 13.6. The van der Waals surface area contributed by atoms with Gasteiger partial charge in [0.05, 0.1) is 25.0 Å². The van der Waals surface area contributed by atoms with Gasteiger partial charge in [-0.15, -0.1) is 0 Å². The first-order valence-corrected chi connectivity index (χ1v) is 5.76. The van der Waals surface area contributed by atoms with E-state index < -0.39 is 5.82 Å². The molecule has 1 aromatic rings. The first-order valence-electron chi connectivity index (χ1n) is 5.76. The topological polar surface area (TPSA) is 76.4 Å². The first kappa shape index (κ1) is 12.5. The summed E-state index contributed by atoms with van der Waals surface area (Å²) in [7, 11) is 1.45. The van der Waals surface area contributed by atoms with Gasteiger partial charge in [0.1, 0.15) is 11.6 Å². The fourth-order valence-corrected chi connectivity index (χ4v) is 1.56. The van der Waals surface area contributed by atoms with Crippen molar-refractivity contribution in [3.8, 4) is 5.75 Å². The summed E-state index contributed by atoms with van der Waals surface area (Å²) in [4.78, 5) is 11.4. The Hall–Kier alpha value is -1.98. The Bertz CT molecular complexity index is 461. The van der Waals surface area contributed by atoms with E-state index >= 15 is 0 Å². The zero-order valence-corrected chi connectivity index (χ0v) is 10.1. The molecule has 5 nitrogen and oxygen atoms in total. The minimum atomic E-state index is -0.507. The van der Waals surface area contributed by atoms with Crippen LogP contribution in [0.15, 0.2) is 12.1 Å². The summed E-state index contributed by atoms with van der Waals surface area (Å²) in [6, 6.07) is 2.90. The lowest BCUT2D eigenvalue weighted by Gasteiger charge is -2.11. The Morgan fingerprint density at radius 3 is 2.89 bits per heavy atom. The van der Waals surface area contributed by atoms with E-state index in [1.54, 1.807) is 0 Å². The van der Waals surface area contributed by atoms with Gasteiger partial charge in [-0.3, -0.25) is 4.79 Å². The number of anilines is 2. The molecule has 0 aromatic heterocycles. The van der Waals surface area contributed by atoms with E-state index in [9.17, 15) is 9.18 Å². The van der Waals surface area contributed by atoms with Crippen LogP contribution in [0.2, 0.25) is 0 Å². The van der Waals surface area contributed by atoms with Gasteiger partial charge in [-0.2, -0.15) is 0 Å². The molecule has 18 heavy (non-hydrogen) atoms. The Balaban J connectivity index is 1.97. The number of carbonyl (C=O) groups is 1. The molecule has 0 bridgehead atoms. The number of nitrogens with two attached hydrogens (primary N) is 1. The summed E-state index contributed by atoms with van der Waals surface area (Å²) in [6.07, 6.45) is 2.05. The van der Waals surface area contributed by atoms with Gasteiger partial charge >= 0.3 is 0 Å². The molecule has 1 amide bonds. The third-order valence-corrected chi connectivity index (χ3v) is 2.70. The van der Waals surface area contributed by atoms with Crippen LogP contribution in [0.3, 0.4) is 0 Å². The number of methoxy groups -OCH3 is 1. The van der Waals surface area contributed by atoms with Gasteiger partial charge in [0.25, 0.3) is 0 Å². The predicted molar refractivity (Wildman–Crippen MR) is 67.0 cm³/mol. The molecule has 4 N–H and O–H groups in total. The van der Waals surface area contributed by atoms with E-state index in [1.165, 1.54) is 19.2 Å². The van der Waals surface area contributed by atoms with E-state index in [4.69, 9.17) is 10.5 Å². The van der Waals surface area contributed by atoms with Crippen molar-refractivity contribution in [1.29, 1.82) is 0 Å². The molecule has 1 fully saturated rings. The van der Waals surface area contributed by atoms with Crippen LogP contribution in [0.25, 0.3) is 0 Å². The Morgan fingerprint density at radius 1 is 1.56 bits per heavy atom. The van der Waals surface area contributed by atoms with Crippen LogP contribution >= 0.6 is 0 Å². The van der Waals surface area contributed by atoms with Crippen LogP contribution in [-0.2, 0) is 4.79 Å². The second-order valence-electron chi connectivity index (χ2n) is 4.27. The number of nitrogen functional groups attached to an aromatic ring is 1. The highest BCUT2D eigenvalue weighted by molar-refractivity contribution is 5.81. The predicted octanol–water partition coefficient (Wildman–Crippen LogP) is 1.11. The average molecular weight is 253 g/mol. The summed E-state index contributed by atoms with van der Waals surface area (Å²) < 4.78 is 18.6. The highest BCUT2D eigenvalue weighted by Gasteiger charge is 2.23. The van der Waals surface area contributed by atoms with Crippen molar-refractivity contribution < 1.29 is 13.9 Å². The first-order chi connectivity index (χ1) is 8.60. The van der Waals surface area contributed by atoms with Crippen LogP contribution in [0.4, 0.5) is 15.8 Å². The van der Waals surface area contributed by atoms with Gasteiger partial charge in [-0.25, -0.2) is 4.39 Å². The number of carbonyl (C=O) groups excluding carboxylic acids is 1. The Morgan fingerprint density at radius 2 is 2.28 bits per heavy atom. The van der Waals surface area contributed by atoms with Crippen molar-refractivity contribution in [2.75, 3.05) is 24.7 Å². The molecule has 0 aliphatic heterocycles. The van der Waals surface area contributed by atoms with Gasteiger partial charge in [-0.1, -0.05) is 0 Å². The Kier molecular flexibility index (Phi) is 3.55. The molecule has 98 valence electrons. The van der Waals surface area contributed by atoms with Gasteiger partial charge in [0.2, 0.25) is 5.91 Å². The summed E-state index contributed by atoms with van der Waals surface area (Å²) in [5, 5.41) is 5.53. The maximum Gasteiger partial charge on any atom is 0.239 e. The summed E-state index contributed by atoms with van der Waals surface area (Å²) >= 11 is 0. The van der Waals surface area contributed by atoms with E-state index in [2.05, 4.69) is 10.6 Å². The number of benzene rings is 1. The lowest BCUT2D eigenvalue weighted by atomic mass is 10.2. The molecule has 1 aliphatic carbocycles. The van der Waals surface area contributed by atoms with Crippen LogP contribution in [0, 0.1) is 5.82 Å². The number of amides is 1. The number of ether oxygens (including phenoxy) is 1. The van der Waals surface area contributed by atoms with Crippen molar-refractivity contribution in [3.05, 3.63) is 17.9 Å². The van der Waals surface area contributed by atoms with Crippen molar-refractivity contribution in [3.63, 3.8) is 0 Å². The van der Waals surface area contributed by atoms with Crippen molar-refractivity contribution in [2.24, 2.45) is 0 Å². The van der Waals surface area contributed by atoms with Gasteiger partial charge < -0.3 is 21.1 Å². The molecule has 0 spiro atoms. The average Bonchev–Trinajstić information content (AvgIpc) is 3.12. The molecule has 2 rings (SSSR count). The Labute approximate surface area is 104 Å². The van der Waals surface area contributed by atoms with E-state index in [0.29, 0.717) is 11.8 Å². The SMILES string of the molecule is COc1cc(NCC(=O)NC2CC2)c(F)cc1N. The number of hydrogen-bond donors (Lipinski definition) is 3. The number of halogens is 1. The molecular formula is C12H16FN3O2. The largest absolute Gasteiger partial charge is 0.495 e. The molecule has 0 saturated heterocycles. The van der Waals surface area contributed by atoms with Gasteiger partial charge in [0, 0.05) is 18.2 Å². The number of nitrogens with one attached hydrogen (secondary N) is 2. The molecular weight excluding hydrogens is 237 g/mol. The summed E-state index contributed by atoms with van der Waals surface area (Å²) in [6.45, 7) is 0.0283. The lowest BCUT2D eigenvalue weighted by molar-refractivity contribution is -0.119. The van der Waals surface area contributed by atoms with Crippen LogP contribution in [-0.4, -0.2) is 25.6 Å².